The molecule has 0 aliphatic carbocycles. The van der Waals surface area contributed by atoms with E-state index in [1.165, 1.54) is 0 Å². The van der Waals surface area contributed by atoms with Gasteiger partial charge in [0.25, 0.3) is 0 Å². The highest BCUT2D eigenvalue weighted by Crippen LogP contribution is 2.25. The lowest BCUT2D eigenvalue weighted by atomic mass is 9.82. The highest BCUT2D eigenvalue weighted by Gasteiger charge is 2.32. The minimum Gasteiger partial charge on any atom is -0.508 e. The Labute approximate surface area is 125 Å². The van der Waals surface area contributed by atoms with E-state index in [1.54, 1.807) is 12.1 Å². The second-order valence-corrected chi connectivity index (χ2v) is 5.28. The van der Waals surface area contributed by atoms with E-state index >= 15 is 0 Å². The highest BCUT2D eigenvalue weighted by atomic mass is 16.3. The highest BCUT2D eigenvalue weighted by molar-refractivity contribution is 5.89. The van der Waals surface area contributed by atoms with Crippen LogP contribution in [0.25, 0.3) is 0 Å². The first kappa shape index (κ1) is 15.3. The molecule has 2 aromatic carbocycles. The van der Waals surface area contributed by atoms with E-state index in [0.717, 1.165) is 11.1 Å². The number of phenolic OH excluding ortho intramolecular Hbond substituents is 1. The van der Waals surface area contributed by atoms with Crippen molar-refractivity contribution in [3.8, 4) is 5.75 Å². The maximum Gasteiger partial charge on any atom is 0.157 e. The van der Waals surface area contributed by atoms with Crippen LogP contribution in [-0.2, 0) is 16.8 Å². The maximum atomic E-state index is 12.6. The van der Waals surface area contributed by atoms with Crippen molar-refractivity contribution in [2.45, 2.75) is 31.7 Å². The van der Waals surface area contributed by atoms with Crippen molar-refractivity contribution in [1.82, 2.24) is 0 Å². The van der Waals surface area contributed by atoms with Crippen LogP contribution in [0, 0.1) is 0 Å². The lowest BCUT2D eigenvalue weighted by Gasteiger charge is -2.27. The molecule has 0 spiro atoms. The Morgan fingerprint density at radius 3 is 2.29 bits per heavy atom. The Bertz CT molecular complexity index is 592. The largest absolute Gasteiger partial charge is 0.508 e. The van der Waals surface area contributed by atoms with Gasteiger partial charge < -0.3 is 10.8 Å². The molecule has 3 N–H and O–H groups in total. The van der Waals surface area contributed by atoms with Gasteiger partial charge in [-0.1, -0.05) is 49.4 Å². The predicted octanol–water partition coefficient (Wildman–Crippen LogP) is 3.16. The number of benzene rings is 2. The van der Waals surface area contributed by atoms with Crippen molar-refractivity contribution >= 4 is 5.78 Å². The van der Waals surface area contributed by atoms with Gasteiger partial charge in [0.15, 0.2) is 5.78 Å². The normalized spacial score (nSPS) is 13.6. The molecule has 0 saturated carbocycles. The number of carbonyl (C=O) groups excluding carboxylic acids is 1. The van der Waals surface area contributed by atoms with Crippen molar-refractivity contribution in [2.75, 3.05) is 0 Å². The van der Waals surface area contributed by atoms with Crippen LogP contribution >= 0.6 is 0 Å². The first-order chi connectivity index (χ1) is 10.1. The Morgan fingerprint density at radius 2 is 1.71 bits per heavy atom. The summed E-state index contributed by atoms with van der Waals surface area (Å²) in [5, 5.41) is 9.26. The Morgan fingerprint density at radius 1 is 1.10 bits per heavy atom. The molecule has 0 aliphatic rings. The maximum absolute atomic E-state index is 12.6. The third-order valence-electron chi connectivity index (χ3n) is 3.92. The summed E-state index contributed by atoms with van der Waals surface area (Å²) in [4.78, 5) is 12.6. The van der Waals surface area contributed by atoms with Crippen LogP contribution in [0.3, 0.4) is 0 Å². The summed E-state index contributed by atoms with van der Waals surface area (Å²) in [7, 11) is 0. The average Bonchev–Trinajstić information content (AvgIpc) is 2.54. The number of nitrogens with two attached hydrogens (primary N) is 1. The van der Waals surface area contributed by atoms with Crippen molar-refractivity contribution in [2.24, 2.45) is 5.73 Å². The van der Waals surface area contributed by atoms with Crippen LogP contribution in [0.1, 0.15) is 30.9 Å². The van der Waals surface area contributed by atoms with E-state index in [-0.39, 0.29) is 11.5 Å². The van der Waals surface area contributed by atoms with Crippen LogP contribution in [0.2, 0.25) is 0 Å². The summed E-state index contributed by atoms with van der Waals surface area (Å²) < 4.78 is 0. The van der Waals surface area contributed by atoms with E-state index in [1.807, 2.05) is 49.4 Å². The third-order valence-corrected chi connectivity index (χ3v) is 3.92. The average molecular weight is 283 g/mol. The smallest absolute Gasteiger partial charge is 0.157 e. The fourth-order valence-corrected chi connectivity index (χ4v) is 2.44. The van der Waals surface area contributed by atoms with E-state index in [2.05, 4.69) is 0 Å². The molecule has 1 unspecified atom stereocenters. The minimum atomic E-state index is -0.918. The van der Waals surface area contributed by atoms with Crippen molar-refractivity contribution < 1.29 is 9.90 Å². The summed E-state index contributed by atoms with van der Waals surface area (Å²) in [5.41, 5.74) is 7.33. The molecule has 3 heteroatoms. The van der Waals surface area contributed by atoms with Crippen LogP contribution in [0.4, 0.5) is 0 Å². The number of Topliss-reactive ketones (excluding diaryl/α,β-unsaturated/α-hetero) is 1. The van der Waals surface area contributed by atoms with E-state index < -0.39 is 5.54 Å². The molecule has 0 aromatic heterocycles. The quantitative estimate of drug-likeness (QED) is 0.856. The molecule has 0 amide bonds. The molecule has 0 bridgehead atoms. The van der Waals surface area contributed by atoms with Gasteiger partial charge in [-0.15, -0.1) is 0 Å². The first-order valence-electron chi connectivity index (χ1n) is 7.22. The van der Waals surface area contributed by atoms with Gasteiger partial charge in [-0.05, 0) is 36.1 Å². The van der Waals surface area contributed by atoms with Crippen LogP contribution < -0.4 is 5.73 Å². The molecular weight excluding hydrogens is 262 g/mol. The third kappa shape index (κ3) is 3.50. The molecule has 2 aromatic rings. The number of rotatable bonds is 6. The second-order valence-electron chi connectivity index (χ2n) is 5.28. The zero-order chi connectivity index (χ0) is 15.3. The summed E-state index contributed by atoms with van der Waals surface area (Å²) in [6.07, 6.45) is 1.60. The van der Waals surface area contributed by atoms with Gasteiger partial charge in [0, 0.05) is 6.42 Å². The summed E-state index contributed by atoms with van der Waals surface area (Å²) in [6, 6.07) is 16.5. The number of phenols is 1. The molecule has 110 valence electrons. The molecule has 3 nitrogen and oxygen atoms in total. The number of ketones is 1. The molecule has 0 fully saturated rings. The van der Waals surface area contributed by atoms with Gasteiger partial charge in [-0.2, -0.15) is 0 Å². The summed E-state index contributed by atoms with van der Waals surface area (Å²) >= 11 is 0. The molecule has 0 heterocycles. The van der Waals surface area contributed by atoms with Gasteiger partial charge >= 0.3 is 0 Å². The topological polar surface area (TPSA) is 63.3 Å². The first-order valence-corrected chi connectivity index (χ1v) is 7.22. The predicted molar refractivity (Wildman–Crippen MR) is 84.0 cm³/mol. The Hall–Kier alpha value is -2.13. The fraction of sp³-hybridized carbons (Fsp3) is 0.278. The SMILES string of the molecule is CCC(N)(C(=O)CCc1ccc(O)cc1)c1ccccc1. The van der Waals surface area contributed by atoms with Crippen LogP contribution in [0.15, 0.2) is 54.6 Å². The lowest BCUT2D eigenvalue weighted by molar-refractivity contribution is -0.124. The number of carbonyl (C=O) groups is 1. The van der Waals surface area contributed by atoms with Crippen LogP contribution in [0.5, 0.6) is 5.75 Å². The second kappa shape index (κ2) is 6.55. The summed E-state index contributed by atoms with van der Waals surface area (Å²) in [6.45, 7) is 1.94. The zero-order valence-electron chi connectivity index (χ0n) is 12.3. The zero-order valence-corrected chi connectivity index (χ0v) is 12.3. The van der Waals surface area contributed by atoms with E-state index in [9.17, 15) is 9.90 Å². The molecule has 0 radical (unpaired) electrons. The van der Waals surface area contributed by atoms with Gasteiger partial charge in [-0.3, -0.25) is 4.79 Å². The molecule has 21 heavy (non-hydrogen) atoms. The molecular formula is C18H21NO2. The molecule has 0 aliphatic heterocycles. The van der Waals surface area contributed by atoms with Gasteiger partial charge in [0.2, 0.25) is 0 Å². The van der Waals surface area contributed by atoms with Crippen molar-refractivity contribution in [3.05, 3.63) is 65.7 Å². The van der Waals surface area contributed by atoms with Gasteiger partial charge in [0.1, 0.15) is 11.3 Å². The molecule has 2 rings (SSSR count). The van der Waals surface area contributed by atoms with E-state index in [0.29, 0.717) is 19.3 Å². The lowest BCUT2D eigenvalue weighted by Crippen LogP contribution is -2.44. The standard InChI is InChI=1S/C18H21NO2/c1-2-18(19,15-6-4-3-5-7-15)17(21)13-10-14-8-11-16(20)12-9-14/h3-9,11-12,20H,2,10,13,19H2,1H3. The Kier molecular flexibility index (Phi) is 4.76. The van der Waals surface area contributed by atoms with Gasteiger partial charge in [-0.25, -0.2) is 0 Å². The van der Waals surface area contributed by atoms with Gasteiger partial charge in [0.05, 0.1) is 0 Å². The van der Waals surface area contributed by atoms with Crippen LogP contribution in [-0.4, -0.2) is 10.9 Å². The minimum absolute atomic E-state index is 0.0456. The molecule has 1 atom stereocenters. The Balaban J connectivity index is 2.08. The number of hydrogen-bond acceptors (Lipinski definition) is 3. The molecule has 0 saturated heterocycles. The summed E-state index contributed by atoms with van der Waals surface area (Å²) in [5.74, 6) is 0.278. The number of aryl methyl sites for hydroxylation is 1. The monoisotopic (exact) mass is 283 g/mol. The number of hydrogen-bond donors (Lipinski definition) is 2. The number of aromatic hydroxyl groups is 1. The van der Waals surface area contributed by atoms with E-state index in [4.69, 9.17) is 5.73 Å². The van der Waals surface area contributed by atoms with Crippen molar-refractivity contribution in [1.29, 1.82) is 0 Å². The van der Waals surface area contributed by atoms with Crippen molar-refractivity contribution in [3.63, 3.8) is 0 Å². The fourth-order valence-electron chi connectivity index (χ4n) is 2.44.